The number of aliphatic hydroxyl groups is 1. The average molecular weight is 202 g/mol. The van der Waals surface area contributed by atoms with E-state index >= 15 is 0 Å². The maximum atomic E-state index is 12.3. The molecule has 1 rings (SSSR count). The van der Waals surface area contributed by atoms with Gasteiger partial charge >= 0.3 is 0 Å². The Balaban J connectivity index is 2.85. The summed E-state index contributed by atoms with van der Waals surface area (Å²) < 4.78 is 24.5. The summed E-state index contributed by atoms with van der Waals surface area (Å²) in [7, 11) is 0. The van der Waals surface area contributed by atoms with E-state index in [-0.39, 0.29) is 17.9 Å². The smallest absolute Gasteiger partial charge is 0.263 e. The monoisotopic (exact) mass is 202 g/mol. The summed E-state index contributed by atoms with van der Waals surface area (Å²) >= 11 is 0. The molecule has 0 unspecified atom stereocenters. The van der Waals surface area contributed by atoms with Gasteiger partial charge in [0.1, 0.15) is 5.75 Å². The van der Waals surface area contributed by atoms with Gasteiger partial charge in [0.2, 0.25) is 0 Å². The molecule has 0 bridgehead atoms. The van der Waals surface area contributed by atoms with E-state index in [1.807, 2.05) is 0 Å². The van der Waals surface area contributed by atoms with Crippen LogP contribution in [-0.2, 0) is 6.42 Å². The molecule has 0 aliphatic heterocycles. The molecule has 2 nitrogen and oxygen atoms in total. The van der Waals surface area contributed by atoms with Gasteiger partial charge in [-0.15, -0.1) is 0 Å². The SMILES string of the molecule is OCCCc1cc(C(F)F)ccc1O. The summed E-state index contributed by atoms with van der Waals surface area (Å²) in [6.45, 7) is -0.0155. The molecular formula is C10H12F2O2. The molecule has 0 radical (unpaired) electrons. The van der Waals surface area contributed by atoms with Crippen LogP contribution in [0.15, 0.2) is 18.2 Å². The number of aryl methyl sites for hydroxylation is 1. The number of hydrogen-bond donors (Lipinski definition) is 2. The predicted molar refractivity (Wildman–Crippen MR) is 48.5 cm³/mol. The second-order valence-electron chi connectivity index (χ2n) is 3.02. The molecule has 0 aliphatic rings. The first-order valence-electron chi connectivity index (χ1n) is 4.36. The van der Waals surface area contributed by atoms with Gasteiger partial charge < -0.3 is 10.2 Å². The normalized spacial score (nSPS) is 10.9. The fourth-order valence-electron chi connectivity index (χ4n) is 1.21. The van der Waals surface area contributed by atoms with Gasteiger partial charge in [0.05, 0.1) is 0 Å². The molecule has 4 heteroatoms. The van der Waals surface area contributed by atoms with E-state index in [2.05, 4.69) is 0 Å². The second-order valence-corrected chi connectivity index (χ2v) is 3.02. The first-order chi connectivity index (χ1) is 6.65. The van der Waals surface area contributed by atoms with Gasteiger partial charge in [0, 0.05) is 12.2 Å². The van der Waals surface area contributed by atoms with Crippen LogP contribution in [0.2, 0.25) is 0 Å². The zero-order valence-electron chi connectivity index (χ0n) is 7.58. The lowest BCUT2D eigenvalue weighted by molar-refractivity contribution is 0.151. The van der Waals surface area contributed by atoms with E-state index in [4.69, 9.17) is 5.11 Å². The van der Waals surface area contributed by atoms with Crippen LogP contribution in [0, 0.1) is 0 Å². The predicted octanol–water partition coefficient (Wildman–Crippen LogP) is 2.25. The van der Waals surface area contributed by atoms with E-state index in [1.165, 1.54) is 18.2 Å². The van der Waals surface area contributed by atoms with E-state index in [0.717, 1.165) is 0 Å². The van der Waals surface area contributed by atoms with Crippen molar-refractivity contribution in [3.05, 3.63) is 29.3 Å². The minimum Gasteiger partial charge on any atom is -0.508 e. The van der Waals surface area contributed by atoms with E-state index in [1.54, 1.807) is 0 Å². The van der Waals surface area contributed by atoms with Crippen LogP contribution in [0.1, 0.15) is 24.0 Å². The van der Waals surface area contributed by atoms with Gasteiger partial charge in [-0.3, -0.25) is 0 Å². The molecule has 0 aliphatic carbocycles. The minimum atomic E-state index is -2.52. The Bertz CT molecular complexity index is 300. The van der Waals surface area contributed by atoms with Gasteiger partial charge in [-0.1, -0.05) is 0 Å². The third-order valence-electron chi connectivity index (χ3n) is 1.96. The van der Waals surface area contributed by atoms with Crippen LogP contribution in [0.4, 0.5) is 8.78 Å². The molecule has 0 saturated heterocycles. The number of rotatable bonds is 4. The first-order valence-corrected chi connectivity index (χ1v) is 4.36. The molecule has 2 N–H and O–H groups in total. The van der Waals surface area contributed by atoms with Crippen molar-refractivity contribution in [1.29, 1.82) is 0 Å². The minimum absolute atomic E-state index is 0.00264. The number of hydrogen-bond acceptors (Lipinski definition) is 2. The first kappa shape index (κ1) is 10.9. The third kappa shape index (κ3) is 2.67. The van der Waals surface area contributed by atoms with Crippen molar-refractivity contribution in [3.63, 3.8) is 0 Å². The van der Waals surface area contributed by atoms with Crippen LogP contribution in [0.3, 0.4) is 0 Å². The van der Waals surface area contributed by atoms with Crippen molar-refractivity contribution in [1.82, 2.24) is 0 Å². The van der Waals surface area contributed by atoms with Crippen molar-refractivity contribution in [3.8, 4) is 5.75 Å². The standard InChI is InChI=1S/C10H12F2O2/c11-10(12)8-3-4-9(14)7(6-8)2-1-5-13/h3-4,6,10,13-14H,1-2,5H2. The fourth-order valence-corrected chi connectivity index (χ4v) is 1.21. The molecule has 0 saturated carbocycles. The van der Waals surface area contributed by atoms with Gasteiger partial charge in [0.25, 0.3) is 6.43 Å². The lowest BCUT2D eigenvalue weighted by Gasteiger charge is -2.06. The van der Waals surface area contributed by atoms with Crippen LogP contribution in [0.5, 0.6) is 5.75 Å². The van der Waals surface area contributed by atoms with Crippen LogP contribution < -0.4 is 0 Å². The highest BCUT2D eigenvalue weighted by atomic mass is 19.3. The summed E-state index contributed by atoms with van der Waals surface area (Å²) in [5.74, 6) is 0.00264. The summed E-state index contributed by atoms with van der Waals surface area (Å²) in [6.07, 6.45) is -1.66. The number of phenolic OH excluding ortho intramolecular Hbond substituents is 1. The van der Waals surface area contributed by atoms with Crippen LogP contribution in [0.25, 0.3) is 0 Å². The Kier molecular flexibility index (Phi) is 3.83. The molecule has 0 amide bonds. The third-order valence-corrected chi connectivity index (χ3v) is 1.96. The van der Waals surface area contributed by atoms with Crippen molar-refractivity contribution >= 4 is 0 Å². The highest BCUT2D eigenvalue weighted by Crippen LogP contribution is 2.25. The second kappa shape index (κ2) is 4.91. The Morgan fingerprint density at radius 2 is 2.00 bits per heavy atom. The average Bonchev–Trinajstić information content (AvgIpc) is 2.16. The lowest BCUT2D eigenvalue weighted by Crippen LogP contribution is -1.93. The van der Waals surface area contributed by atoms with Crippen LogP contribution in [-0.4, -0.2) is 16.8 Å². The maximum absolute atomic E-state index is 12.3. The Labute approximate surface area is 80.8 Å². The highest BCUT2D eigenvalue weighted by molar-refractivity contribution is 5.36. The van der Waals surface area contributed by atoms with Crippen LogP contribution >= 0.6 is 0 Å². The number of alkyl halides is 2. The zero-order chi connectivity index (χ0) is 10.6. The summed E-state index contributed by atoms with van der Waals surface area (Å²) in [5, 5.41) is 17.9. The molecular weight excluding hydrogens is 190 g/mol. The van der Waals surface area contributed by atoms with Gasteiger partial charge in [-0.25, -0.2) is 8.78 Å². The Morgan fingerprint density at radius 3 is 2.57 bits per heavy atom. The van der Waals surface area contributed by atoms with E-state index in [0.29, 0.717) is 18.4 Å². The summed E-state index contributed by atoms with van der Waals surface area (Å²) in [6, 6.07) is 3.73. The maximum Gasteiger partial charge on any atom is 0.263 e. The van der Waals surface area contributed by atoms with Crippen molar-refractivity contribution < 1.29 is 19.0 Å². The molecule has 0 atom stereocenters. The largest absolute Gasteiger partial charge is 0.508 e. The van der Waals surface area contributed by atoms with Gasteiger partial charge in [-0.05, 0) is 36.6 Å². The molecule has 78 valence electrons. The molecule has 1 aromatic carbocycles. The molecule has 0 heterocycles. The molecule has 14 heavy (non-hydrogen) atoms. The highest BCUT2D eigenvalue weighted by Gasteiger charge is 2.09. The van der Waals surface area contributed by atoms with E-state index in [9.17, 15) is 13.9 Å². The number of aliphatic hydroxyl groups excluding tert-OH is 1. The van der Waals surface area contributed by atoms with Crippen molar-refractivity contribution in [2.75, 3.05) is 6.61 Å². The number of aromatic hydroxyl groups is 1. The van der Waals surface area contributed by atoms with E-state index < -0.39 is 6.43 Å². The molecule has 0 aromatic heterocycles. The van der Waals surface area contributed by atoms with Crippen molar-refractivity contribution in [2.45, 2.75) is 19.3 Å². The topological polar surface area (TPSA) is 40.5 Å². The quantitative estimate of drug-likeness (QED) is 0.786. The molecule has 0 spiro atoms. The zero-order valence-corrected chi connectivity index (χ0v) is 7.58. The Hall–Kier alpha value is -1.16. The summed E-state index contributed by atoms with van der Waals surface area (Å²) in [4.78, 5) is 0. The van der Waals surface area contributed by atoms with Crippen molar-refractivity contribution in [2.24, 2.45) is 0 Å². The molecule has 0 fully saturated rings. The number of halogens is 2. The van der Waals surface area contributed by atoms with Gasteiger partial charge in [-0.2, -0.15) is 0 Å². The Morgan fingerprint density at radius 1 is 1.29 bits per heavy atom. The number of phenols is 1. The number of benzene rings is 1. The molecule has 1 aromatic rings. The lowest BCUT2D eigenvalue weighted by atomic mass is 10.1. The fraction of sp³-hybridized carbons (Fsp3) is 0.400. The summed E-state index contributed by atoms with van der Waals surface area (Å²) in [5.41, 5.74) is 0.354. The van der Waals surface area contributed by atoms with Gasteiger partial charge in [0.15, 0.2) is 0 Å².